The lowest BCUT2D eigenvalue weighted by Gasteiger charge is -2.15. The summed E-state index contributed by atoms with van der Waals surface area (Å²) in [5, 5.41) is 5.60. The summed E-state index contributed by atoms with van der Waals surface area (Å²) in [5.74, 6) is 0. The Labute approximate surface area is 136 Å². The normalized spacial score (nSPS) is 12.3. The van der Waals surface area contributed by atoms with Crippen molar-refractivity contribution in [2.75, 3.05) is 6.61 Å². The summed E-state index contributed by atoms with van der Waals surface area (Å²) in [7, 11) is -1.03. The summed E-state index contributed by atoms with van der Waals surface area (Å²) >= 11 is 5.62. The van der Waals surface area contributed by atoms with Crippen molar-refractivity contribution in [1.82, 2.24) is 14.8 Å². The third kappa shape index (κ3) is 4.23. The number of pyridine rings is 1. The van der Waals surface area contributed by atoms with Crippen LogP contribution >= 0.6 is 38.5 Å². The first-order valence-electron chi connectivity index (χ1n) is 6.12. The molecule has 2 rings (SSSR count). The molecule has 19 heavy (non-hydrogen) atoms. The molecule has 0 fully saturated rings. The van der Waals surface area contributed by atoms with Gasteiger partial charge in [0.25, 0.3) is 0 Å². The Kier molecular flexibility index (Phi) is 5.02. The molecule has 0 saturated heterocycles. The molecule has 2 heterocycles. The largest absolute Gasteiger partial charge is 0.360 e. The summed E-state index contributed by atoms with van der Waals surface area (Å²) in [6.07, 6.45) is 1.83. The van der Waals surface area contributed by atoms with E-state index >= 15 is 0 Å². The van der Waals surface area contributed by atoms with Crippen LogP contribution in [-0.2, 0) is 11.5 Å². The first-order valence-corrected chi connectivity index (χ1v) is 11.7. The first-order chi connectivity index (χ1) is 8.87. The van der Waals surface area contributed by atoms with Gasteiger partial charge in [-0.3, -0.25) is 0 Å². The highest BCUT2D eigenvalue weighted by Crippen LogP contribution is 2.22. The van der Waals surface area contributed by atoms with Gasteiger partial charge >= 0.3 is 0 Å². The van der Waals surface area contributed by atoms with Crippen molar-refractivity contribution in [3.05, 3.63) is 20.6 Å². The number of hydrogen-bond donors (Lipinski definition) is 0. The lowest BCUT2D eigenvalue weighted by Crippen LogP contribution is -2.22. The number of ether oxygens (including phenoxy) is 1. The quantitative estimate of drug-likeness (QED) is 0.296. The SMILES string of the molecule is C[Si](C)(C)CCOCn1nc(I)c2cc(Br)ncc21. The zero-order valence-corrected chi connectivity index (χ0v) is 16.0. The number of aromatic nitrogens is 3. The van der Waals surface area contributed by atoms with Gasteiger partial charge < -0.3 is 4.74 Å². The standard InChI is InChI=1S/C12H17BrIN3OSi/c1-19(2,3)5-4-18-8-17-10-7-15-11(13)6-9(10)12(14)16-17/h6-7H,4-5,8H2,1-3H3. The number of nitrogens with zero attached hydrogens (tertiary/aromatic N) is 3. The number of halogens is 2. The molecule has 0 radical (unpaired) electrons. The van der Waals surface area contributed by atoms with Crippen molar-refractivity contribution in [3.8, 4) is 0 Å². The van der Waals surface area contributed by atoms with Crippen LogP contribution in [0.4, 0.5) is 0 Å². The molecule has 0 aromatic carbocycles. The molecular formula is C12H17BrIN3OSi. The zero-order chi connectivity index (χ0) is 14.0. The molecule has 0 aliphatic heterocycles. The van der Waals surface area contributed by atoms with Crippen LogP contribution in [0.3, 0.4) is 0 Å². The van der Waals surface area contributed by atoms with Crippen molar-refractivity contribution in [3.63, 3.8) is 0 Å². The topological polar surface area (TPSA) is 39.9 Å². The summed E-state index contributed by atoms with van der Waals surface area (Å²) in [6, 6.07) is 3.16. The molecule has 0 spiro atoms. The molecule has 0 atom stereocenters. The Morgan fingerprint density at radius 3 is 2.84 bits per heavy atom. The highest BCUT2D eigenvalue weighted by molar-refractivity contribution is 14.1. The second kappa shape index (κ2) is 6.19. The fraction of sp³-hybridized carbons (Fsp3) is 0.500. The molecule has 0 saturated carbocycles. The highest BCUT2D eigenvalue weighted by Gasteiger charge is 2.13. The molecule has 0 aliphatic carbocycles. The number of hydrogen-bond acceptors (Lipinski definition) is 3. The van der Waals surface area contributed by atoms with Crippen LogP contribution in [0.5, 0.6) is 0 Å². The summed E-state index contributed by atoms with van der Waals surface area (Å²) < 4.78 is 9.42. The smallest absolute Gasteiger partial charge is 0.140 e. The van der Waals surface area contributed by atoms with Gasteiger partial charge in [-0.25, -0.2) is 9.67 Å². The van der Waals surface area contributed by atoms with E-state index in [9.17, 15) is 0 Å². The van der Waals surface area contributed by atoms with Gasteiger partial charge in [0, 0.05) is 20.1 Å². The van der Waals surface area contributed by atoms with Crippen LogP contribution in [0.2, 0.25) is 25.7 Å². The van der Waals surface area contributed by atoms with E-state index in [2.05, 4.69) is 68.2 Å². The Balaban J connectivity index is 2.05. The van der Waals surface area contributed by atoms with Crippen LogP contribution < -0.4 is 0 Å². The second-order valence-electron chi connectivity index (χ2n) is 5.66. The van der Waals surface area contributed by atoms with Crippen LogP contribution in [0.1, 0.15) is 0 Å². The Morgan fingerprint density at radius 2 is 2.16 bits per heavy atom. The van der Waals surface area contributed by atoms with Gasteiger partial charge in [0.2, 0.25) is 0 Å². The van der Waals surface area contributed by atoms with Crippen molar-refractivity contribution >= 4 is 57.5 Å². The van der Waals surface area contributed by atoms with Crippen molar-refractivity contribution in [1.29, 1.82) is 0 Å². The fourth-order valence-corrected chi connectivity index (χ4v) is 3.42. The van der Waals surface area contributed by atoms with E-state index in [1.165, 1.54) is 6.04 Å². The van der Waals surface area contributed by atoms with Gasteiger partial charge in [-0.05, 0) is 50.6 Å². The maximum Gasteiger partial charge on any atom is 0.140 e. The molecule has 2 aromatic rings. The fourth-order valence-electron chi connectivity index (χ4n) is 1.64. The predicted octanol–water partition coefficient (Wildman–Crippen LogP) is 4.11. The molecule has 2 aromatic heterocycles. The zero-order valence-electron chi connectivity index (χ0n) is 11.3. The molecule has 0 bridgehead atoms. The molecular weight excluding hydrogens is 437 g/mol. The average Bonchev–Trinajstić information content (AvgIpc) is 2.60. The van der Waals surface area contributed by atoms with Crippen molar-refractivity contribution in [2.45, 2.75) is 32.4 Å². The minimum absolute atomic E-state index is 0.493. The Hall–Kier alpha value is 0.00688. The molecule has 4 nitrogen and oxygen atoms in total. The minimum Gasteiger partial charge on any atom is -0.360 e. The Morgan fingerprint density at radius 1 is 1.42 bits per heavy atom. The van der Waals surface area contributed by atoms with Crippen LogP contribution in [0, 0.1) is 3.70 Å². The monoisotopic (exact) mass is 453 g/mol. The van der Waals surface area contributed by atoms with E-state index in [0.717, 1.165) is 25.8 Å². The lowest BCUT2D eigenvalue weighted by molar-refractivity contribution is 0.0814. The number of fused-ring (bicyclic) bond motifs is 1. The summed E-state index contributed by atoms with van der Waals surface area (Å²) in [4.78, 5) is 4.25. The van der Waals surface area contributed by atoms with Gasteiger partial charge in [0.1, 0.15) is 15.0 Å². The van der Waals surface area contributed by atoms with Gasteiger partial charge in [0.15, 0.2) is 0 Å². The van der Waals surface area contributed by atoms with E-state index in [1.807, 2.05) is 16.9 Å². The number of rotatable bonds is 5. The van der Waals surface area contributed by atoms with E-state index in [4.69, 9.17) is 4.74 Å². The van der Waals surface area contributed by atoms with Crippen molar-refractivity contribution < 1.29 is 4.74 Å². The highest BCUT2D eigenvalue weighted by atomic mass is 127. The molecule has 0 aliphatic rings. The Bertz CT molecular complexity index is 582. The molecule has 0 amide bonds. The van der Waals surface area contributed by atoms with Crippen LogP contribution in [0.25, 0.3) is 10.9 Å². The van der Waals surface area contributed by atoms with Gasteiger partial charge in [-0.2, -0.15) is 5.10 Å². The maximum atomic E-state index is 5.74. The lowest BCUT2D eigenvalue weighted by atomic mass is 10.3. The van der Waals surface area contributed by atoms with E-state index < -0.39 is 8.07 Å². The third-order valence-electron chi connectivity index (χ3n) is 2.77. The van der Waals surface area contributed by atoms with E-state index in [-0.39, 0.29) is 0 Å². The molecule has 0 unspecified atom stereocenters. The van der Waals surface area contributed by atoms with Gasteiger partial charge in [-0.1, -0.05) is 19.6 Å². The predicted molar refractivity (Wildman–Crippen MR) is 92.1 cm³/mol. The average molecular weight is 454 g/mol. The summed E-state index contributed by atoms with van der Waals surface area (Å²) in [6.45, 7) is 8.35. The second-order valence-corrected chi connectivity index (χ2v) is 13.1. The first kappa shape index (κ1) is 15.4. The van der Waals surface area contributed by atoms with Crippen molar-refractivity contribution in [2.24, 2.45) is 0 Å². The minimum atomic E-state index is -1.03. The van der Waals surface area contributed by atoms with Crippen LogP contribution in [0.15, 0.2) is 16.9 Å². The van der Waals surface area contributed by atoms with Crippen LogP contribution in [-0.4, -0.2) is 29.4 Å². The third-order valence-corrected chi connectivity index (χ3v) is 5.70. The van der Waals surface area contributed by atoms with Gasteiger partial charge in [-0.15, -0.1) is 0 Å². The van der Waals surface area contributed by atoms with Gasteiger partial charge in [0.05, 0.1) is 11.7 Å². The van der Waals surface area contributed by atoms with E-state index in [1.54, 1.807) is 0 Å². The van der Waals surface area contributed by atoms with E-state index in [0.29, 0.717) is 6.73 Å². The molecule has 104 valence electrons. The maximum absolute atomic E-state index is 5.74. The molecule has 7 heteroatoms. The summed E-state index contributed by atoms with van der Waals surface area (Å²) in [5.41, 5.74) is 1.01. The molecule has 0 N–H and O–H groups in total.